The molecule has 0 saturated heterocycles. The fourth-order valence-corrected chi connectivity index (χ4v) is 1.80. The first kappa shape index (κ1) is 9.51. The molecule has 2 nitrogen and oxygen atoms in total. The minimum atomic E-state index is -0.281. The molecule has 0 unspecified atom stereocenters. The molecule has 0 aliphatic rings. The lowest BCUT2D eigenvalue weighted by Gasteiger charge is -2.01. The summed E-state index contributed by atoms with van der Waals surface area (Å²) in [6, 6.07) is 5.63. The second kappa shape index (κ2) is 3.89. The highest BCUT2D eigenvalue weighted by atomic mass is 127. The zero-order valence-electron chi connectivity index (χ0n) is 6.93. The largest absolute Gasteiger partial charge is 0.465 e. The summed E-state index contributed by atoms with van der Waals surface area (Å²) in [5.74, 6) is -0.281. The van der Waals surface area contributed by atoms with Crippen molar-refractivity contribution in [3.05, 3.63) is 32.9 Å². The first-order valence-corrected chi connectivity index (χ1v) is 4.57. The van der Waals surface area contributed by atoms with Gasteiger partial charge in [-0.1, -0.05) is 0 Å². The second-order valence-electron chi connectivity index (χ2n) is 2.51. The Labute approximate surface area is 85.1 Å². The fourth-order valence-electron chi connectivity index (χ4n) is 0.972. The van der Waals surface area contributed by atoms with E-state index in [1.807, 2.05) is 19.1 Å². The van der Waals surface area contributed by atoms with Crippen molar-refractivity contribution in [1.29, 1.82) is 0 Å². The molecule has 12 heavy (non-hydrogen) atoms. The second-order valence-corrected chi connectivity index (χ2v) is 3.75. The number of hydrogen-bond acceptors (Lipinski definition) is 2. The van der Waals surface area contributed by atoms with Gasteiger partial charge in [-0.15, -0.1) is 0 Å². The molecule has 0 bridgehead atoms. The molecule has 0 amide bonds. The summed E-state index contributed by atoms with van der Waals surface area (Å²) in [5.41, 5.74) is 1.68. The van der Waals surface area contributed by atoms with Crippen LogP contribution in [0.3, 0.4) is 0 Å². The Morgan fingerprint density at radius 2 is 2.08 bits per heavy atom. The van der Waals surface area contributed by atoms with Crippen LogP contribution in [0, 0.1) is 10.5 Å². The van der Waals surface area contributed by atoms with E-state index in [2.05, 4.69) is 27.3 Å². The zero-order valence-corrected chi connectivity index (χ0v) is 9.08. The summed E-state index contributed by atoms with van der Waals surface area (Å²) in [6.07, 6.45) is 0. The normalized spacial score (nSPS) is 9.58. The van der Waals surface area contributed by atoms with Crippen molar-refractivity contribution in [1.82, 2.24) is 0 Å². The van der Waals surface area contributed by atoms with E-state index < -0.39 is 0 Å². The number of rotatable bonds is 1. The molecule has 0 aliphatic heterocycles. The molecule has 0 aliphatic carbocycles. The molecule has 0 radical (unpaired) electrons. The topological polar surface area (TPSA) is 26.3 Å². The molecule has 3 heteroatoms. The molecule has 0 N–H and O–H groups in total. The van der Waals surface area contributed by atoms with Crippen molar-refractivity contribution in [3.63, 3.8) is 0 Å². The van der Waals surface area contributed by atoms with Crippen LogP contribution in [0.2, 0.25) is 0 Å². The van der Waals surface area contributed by atoms with Crippen molar-refractivity contribution in [3.8, 4) is 0 Å². The van der Waals surface area contributed by atoms with Crippen LogP contribution in [-0.2, 0) is 4.74 Å². The molecular formula is C9H9IO2. The maximum absolute atomic E-state index is 11.1. The molecule has 0 spiro atoms. The Morgan fingerprint density at radius 3 is 2.58 bits per heavy atom. The number of ether oxygens (including phenoxy) is 1. The van der Waals surface area contributed by atoms with Gasteiger partial charge in [-0.3, -0.25) is 0 Å². The van der Waals surface area contributed by atoms with Gasteiger partial charge in [0.1, 0.15) is 0 Å². The monoisotopic (exact) mass is 276 g/mol. The van der Waals surface area contributed by atoms with E-state index in [-0.39, 0.29) is 5.97 Å². The predicted octanol–water partition coefficient (Wildman–Crippen LogP) is 2.39. The maximum Gasteiger partial charge on any atom is 0.337 e. The van der Waals surface area contributed by atoms with Crippen LogP contribution in [0.1, 0.15) is 15.9 Å². The van der Waals surface area contributed by atoms with Gasteiger partial charge < -0.3 is 4.74 Å². The Balaban J connectivity index is 3.08. The standard InChI is InChI=1S/C9H9IO2/c1-6-3-7(9(11)12-2)5-8(10)4-6/h3-5H,1-2H3. The highest BCUT2D eigenvalue weighted by Gasteiger charge is 2.05. The van der Waals surface area contributed by atoms with Crippen LogP contribution < -0.4 is 0 Å². The van der Waals surface area contributed by atoms with Gasteiger partial charge in [-0.25, -0.2) is 4.79 Å². The molecule has 0 atom stereocenters. The van der Waals surface area contributed by atoms with E-state index in [9.17, 15) is 4.79 Å². The lowest BCUT2D eigenvalue weighted by Crippen LogP contribution is -2.01. The Bertz CT molecular complexity index is 287. The van der Waals surface area contributed by atoms with E-state index in [4.69, 9.17) is 0 Å². The highest BCUT2D eigenvalue weighted by Crippen LogP contribution is 2.12. The quantitative estimate of drug-likeness (QED) is 0.581. The van der Waals surface area contributed by atoms with Gasteiger partial charge in [0.15, 0.2) is 0 Å². The first-order chi connectivity index (χ1) is 5.63. The van der Waals surface area contributed by atoms with Gasteiger partial charge in [0.25, 0.3) is 0 Å². The number of carbonyl (C=O) groups is 1. The van der Waals surface area contributed by atoms with Gasteiger partial charge in [0, 0.05) is 3.57 Å². The number of carbonyl (C=O) groups excluding carboxylic acids is 1. The van der Waals surface area contributed by atoms with Crippen LogP contribution in [0.5, 0.6) is 0 Å². The van der Waals surface area contributed by atoms with Crippen molar-refractivity contribution < 1.29 is 9.53 Å². The molecule has 1 rings (SSSR count). The minimum Gasteiger partial charge on any atom is -0.465 e. The van der Waals surface area contributed by atoms with Crippen molar-refractivity contribution >= 4 is 28.6 Å². The van der Waals surface area contributed by atoms with Crippen LogP contribution in [0.25, 0.3) is 0 Å². The number of aryl methyl sites for hydroxylation is 1. The van der Waals surface area contributed by atoms with E-state index >= 15 is 0 Å². The first-order valence-electron chi connectivity index (χ1n) is 3.49. The molecular weight excluding hydrogens is 267 g/mol. The van der Waals surface area contributed by atoms with Crippen molar-refractivity contribution in [2.24, 2.45) is 0 Å². The summed E-state index contributed by atoms with van der Waals surface area (Å²) in [6.45, 7) is 1.95. The Hall–Kier alpha value is -0.580. The third kappa shape index (κ3) is 2.20. The number of methoxy groups -OCH3 is 1. The molecule has 0 heterocycles. The molecule has 0 fully saturated rings. The zero-order chi connectivity index (χ0) is 9.14. The molecule has 0 saturated carbocycles. The van der Waals surface area contributed by atoms with Crippen LogP contribution in [0.15, 0.2) is 18.2 Å². The van der Waals surface area contributed by atoms with Crippen LogP contribution >= 0.6 is 22.6 Å². The highest BCUT2D eigenvalue weighted by molar-refractivity contribution is 14.1. The number of esters is 1. The van der Waals surface area contributed by atoms with E-state index in [1.165, 1.54) is 7.11 Å². The van der Waals surface area contributed by atoms with Gasteiger partial charge in [-0.2, -0.15) is 0 Å². The summed E-state index contributed by atoms with van der Waals surface area (Å²) in [4.78, 5) is 11.1. The Morgan fingerprint density at radius 1 is 1.42 bits per heavy atom. The molecule has 1 aromatic carbocycles. The van der Waals surface area contributed by atoms with Gasteiger partial charge >= 0.3 is 5.97 Å². The predicted molar refractivity (Wildman–Crippen MR) is 55.2 cm³/mol. The SMILES string of the molecule is COC(=O)c1cc(C)cc(I)c1. The molecule has 0 aromatic heterocycles. The number of halogens is 1. The average molecular weight is 276 g/mol. The summed E-state index contributed by atoms with van der Waals surface area (Å²) >= 11 is 2.17. The third-order valence-electron chi connectivity index (χ3n) is 1.46. The molecule has 1 aromatic rings. The fraction of sp³-hybridized carbons (Fsp3) is 0.222. The van der Waals surface area contributed by atoms with Gasteiger partial charge in [0.05, 0.1) is 12.7 Å². The van der Waals surface area contributed by atoms with Gasteiger partial charge in [0.2, 0.25) is 0 Å². The van der Waals surface area contributed by atoms with Crippen molar-refractivity contribution in [2.45, 2.75) is 6.92 Å². The van der Waals surface area contributed by atoms with Crippen LogP contribution in [0.4, 0.5) is 0 Å². The average Bonchev–Trinajstić information content (AvgIpc) is 2.01. The number of hydrogen-bond donors (Lipinski definition) is 0. The third-order valence-corrected chi connectivity index (χ3v) is 2.09. The van der Waals surface area contributed by atoms with Crippen LogP contribution in [-0.4, -0.2) is 13.1 Å². The molecule has 64 valence electrons. The van der Waals surface area contributed by atoms with E-state index in [0.717, 1.165) is 9.13 Å². The van der Waals surface area contributed by atoms with Crippen molar-refractivity contribution in [2.75, 3.05) is 7.11 Å². The maximum atomic E-state index is 11.1. The lowest BCUT2D eigenvalue weighted by atomic mass is 10.1. The van der Waals surface area contributed by atoms with E-state index in [0.29, 0.717) is 5.56 Å². The summed E-state index contributed by atoms with van der Waals surface area (Å²) in [5, 5.41) is 0. The van der Waals surface area contributed by atoms with E-state index in [1.54, 1.807) is 6.07 Å². The summed E-state index contributed by atoms with van der Waals surface area (Å²) in [7, 11) is 1.39. The summed E-state index contributed by atoms with van der Waals surface area (Å²) < 4.78 is 5.65. The lowest BCUT2D eigenvalue weighted by molar-refractivity contribution is 0.0600. The Kier molecular flexibility index (Phi) is 3.08. The smallest absolute Gasteiger partial charge is 0.337 e. The van der Waals surface area contributed by atoms with Gasteiger partial charge in [-0.05, 0) is 53.3 Å². The minimum absolute atomic E-state index is 0.281. The number of benzene rings is 1.